The van der Waals surface area contributed by atoms with Gasteiger partial charge in [-0.05, 0) is 70.5 Å². The van der Waals surface area contributed by atoms with E-state index in [0.717, 1.165) is 36.3 Å². The molecule has 2 aliphatic carbocycles. The van der Waals surface area contributed by atoms with E-state index in [1.807, 2.05) is 0 Å². The molecule has 3 aromatic rings. The Kier molecular flexibility index (Phi) is 9.20. The Morgan fingerprint density at radius 3 is 2.40 bits per heavy atom. The first kappa shape index (κ1) is 30.7. The molecule has 15 heteroatoms. The average Bonchev–Trinajstić information content (AvgIpc) is 3.70. The van der Waals surface area contributed by atoms with E-state index in [1.54, 1.807) is 6.07 Å². The molecular weight excluding hydrogens is 580 g/mol. The molecule has 12 nitrogen and oxygen atoms in total. The first-order chi connectivity index (χ1) is 20.5. The van der Waals surface area contributed by atoms with Gasteiger partial charge in [0.1, 0.15) is 11.6 Å². The van der Waals surface area contributed by atoms with Crippen LogP contribution in [0.15, 0.2) is 36.9 Å². The van der Waals surface area contributed by atoms with E-state index in [1.165, 1.54) is 35.8 Å². The third-order valence-corrected chi connectivity index (χ3v) is 9.89. The lowest BCUT2D eigenvalue weighted by Gasteiger charge is -2.35. The number of rotatable bonds is 13. The normalized spacial score (nSPS) is 19.1. The van der Waals surface area contributed by atoms with Crippen LogP contribution >= 0.6 is 0 Å². The summed E-state index contributed by atoms with van der Waals surface area (Å²) in [6.07, 6.45) is 8.03. The Bertz CT molecular complexity index is 1540. The van der Waals surface area contributed by atoms with Crippen LogP contribution in [0.4, 0.5) is 26.1 Å². The number of pyridine rings is 1. The van der Waals surface area contributed by atoms with Crippen molar-refractivity contribution in [2.24, 2.45) is 17.6 Å². The van der Waals surface area contributed by atoms with Gasteiger partial charge in [-0.15, -0.1) is 0 Å². The van der Waals surface area contributed by atoms with Crippen LogP contribution in [0.2, 0.25) is 0 Å². The van der Waals surface area contributed by atoms with Crippen LogP contribution in [0, 0.1) is 11.8 Å². The molecule has 0 bridgehead atoms. The third kappa shape index (κ3) is 7.63. The maximum atomic E-state index is 13.8. The largest absolute Gasteiger partial charge is 0.365 e. The molecule has 2 aliphatic rings. The molecule has 0 radical (unpaired) electrons. The summed E-state index contributed by atoms with van der Waals surface area (Å²) in [7, 11) is 0.566. The van der Waals surface area contributed by atoms with Gasteiger partial charge in [0.05, 0.1) is 41.0 Å². The fraction of sp³-hybridized carbons (Fsp3) is 0.536. The Balaban J connectivity index is 1.35. The van der Waals surface area contributed by atoms with E-state index in [2.05, 4.69) is 44.4 Å². The Morgan fingerprint density at radius 1 is 1.07 bits per heavy atom. The molecule has 0 unspecified atom stereocenters. The topological polar surface area (TPSA) is 152 Å². The molecule has 0 spiro atoms. The SMILES string of the molecule is CN(C)CC1CCC(CN(CC(F)F)c2cc(Nc3ccnc(-c4cnn(S(=O)(=O)C5CC5)c4)n3)ncc2C(N)=O)CC1. The van der Waals surface area contributed by atoms with E-state index in [9.17, 15) is 22.0 Å². The summed E-state index contributed by atoms with van der Waals surface area (Å²) < 4.78 is 53.5. The number of carbonyl (C=O) groups is 1. The van der Waals surface area contributed by atoms with Crippen LogP contribution in [0.5, 0.6) is 0 Å². The highest BCUT2D eigenvalue weighted by molar-refractivity contribution is 7.90. The molecule has 3 N–H and O–H groups in total. The number of alkyl halides is 2. The van der Waals surface area contributed by atoms with Crippen LogP contribution in [0.3, 0.4) is 0 Å². The first-order valence-electron chi connectivity index (χ1n) is 14.4. The van der Waals surface area contributed by atoms with E-state index in [4.69, 9.17) is 5.73 Å². The predicted molar refractivity (Wildman–Crippen MR) is 159 cm³/mol. The fourth-order valence-electron chi connectivity index (χ4n) is 5.60. The molecule has 1 amide bonds. The Hall–Kier alpha value is -3.72. The minimum atomic E-state index is -3.54. The van der Waals surface area contributed by atoms with Gasteiger partial charge in [0.15, 0.2) is 5.82 Å². The first-order valence-corrected chi connectivity index (χ1v) is 15.9. The zero-order valence-corrected chi connectivity index (χ0v) is 25.1. The smallest absolute Gasteiger partial charge is 0.256 e. The van der Waals surface area contributed by atoms with Crippen LogP contribution < -0.4 is 16.0 Å². The van der Waals surface area contributed by atoms with Crippen molar-refractivity contribution < 1.29 is 22.0 Å². The highest BCUT2D eigenvalue weighted by Gasteiger charge is 2.37. The molecule has 5 rings (SSSR count). The van der Waals surface area contributed by atoms with Gasteiger partial charge in [-0.25, -0.2) is 32.2 Å². The van der Waals surface area contributed by atoms with Crippen molar-refractivity contribution in [2.45, 2.75) is 50.2 Å². The zero-order valence-electron chi connectivity index (χ0n) is 24.2. The summed E-state index contributed by atoms with van der Waals surface area (Å²) in [5.41, 5.74) is 6.38. The number of halogens is 2. The summed E-state index contributed by atoms with van der Waals surface area (Å²) in [6, 6.07) is 3.11. The number of amides is 1. The lowest BCUT2D eigenvalue weighted by atomic mass is 9.81. The summed E-state index contributed by atoms with van der Waals surface area (Å²) >= 11 is 0. The number of nitrogens with zero attached hydrogens (tertiary/aromatic N) is 7. The lowest BCUT2D eigenvalue weighted by Crippen LogP contribution is -2.37. The number of carbonyl (C=O) groups excluding carboxylic acids is 1. The average molecular weight is 618 g/mol. The summed E-state index contributed by atoms with van der Waals surface area (Å²) in [4.78, 5) is 29.0. The van der Waals surface area contributed by atoms with Crippen LogP contribution in [-0.2, 0) is 10.0 Å². The van der Waals surface area contributed by atoms with E-state index >= 15 is 0 Å². The number of primary amides is 1. The van der Waals surface area contributed by atoms with Crippen molar-refractivity contribution in [1.82, 2.24) is 29.0 Å². The second kappa shape index (κ2) is 12.9. The molecule has 0 atom stereocenters. The van der Waals surface area contributed by atoms with Gasteiger partial charge in [-0.1, -0.05) is 0 Å². The van der Waals surface area contributed by atoms with Gasteiger partial charge >= 0.3 is 0 Å². The summed E-state index contributed by atoms with van der Waals surface area (Å²) in [6.45, 7) is 0.826. The second-order valence-electron chi connectivity index (χ2n) is 11.6. The van der Waals surface area contributed by atoms with Crippen molar-refractivity contribution in [1.29, 1.82) is 0 Å². The lowest BCUT2D eigenvalue weighted by molar-refractivity contribution is 0.0999. The predicted octanol–water partition coefficient (Wildman–Crippen LogP) is 3.36. The Morgan fingerprint density at radius 2 is 1.77 bits per heavy atom. The van der Waals surface area contributed by atoms with Gasteiger partial charge in [-0.3, -0.25) is 4.79 Å². The standard InChI is InChI=1S/C28H37F2N9O3S/c1-37(2)14-18-3-5-19(6-4-18)15-38(17-24(29)30)23-11-26(33-13-22(23)27(31)40)35-25-9-10-32-28(36-25)20-12-34-39(16-20)43(41,42)21-7-8-21/h9-13,16,18-19,21,24H,3-8,14-15,17H2,1-2H3,(H2,31,40)(H,32,33,35,36). The number of nitrogens with one attached hydrogen (secondary N) is 1. The van der Waals surface area contributed by atoms with E-state index in [0.29, 0.717) is 36.7 Å². The fourth-order valence-corrected chi connectivity index (χ4v) is 7.08. The maximum Gasteiger partial charge on any atom is 0.256 e. The summed E-state index contributed by atoms with van der Waals surface area (Å²) in [5, 5.41) is 6.61. The van der Waals surface area contributed by atoms with Crippen molar-refractivity contribution in [2.75, 3.05) is 43.9 Å². The van der Waals surface area contributed by atoms with Crippen molar-refractivity contribution >= 4 is 33.3 Å². The van der Waals surface area contributed by atoms with Gasteiger partial charge in [0.25, 0.3) is 22.4 Å². The number of aromatic nitrogens is 5. The highest BCUT2D eigenvalue weighted by atomic mass is 32.2. The van der Waals surface area contributed by atoms with E-state index in [-0.39, 0.29) is 28.8 Å². The van der Waals surface area contributed by atoms with Gasteiger partial charge in [0, 0.05) is 31.5 Å². The molecule has 2 fully saturated rings. The number of anilines is 3. The summed E-state index contributed by atoms with van der Waals surface area (Å²) in [5.74, 6) is 0.864. The quantitative estimate of drug-likeness (QED) is 0.292. The molecule has 232 valence electrons. The number of hydrogen-bond acceptors (Lipinski definition) is 10. The Labute approximate surface area is 249 Å². The van der Waals surface area contributed by atoms with Crippen LogP contribution in [0.25, 0.3) is 11.4 Å². The van der Waals surface area contributed by atoms with Gasteiger partial charge in [0.2, 0.25) is 0 Å². The molecule has 43 heavy (non-hydrogen) atoms. The highest BCUT2D eigenvalue weighted by Crippen LogP contribution is 2.33. The monoisotopic (exact) mass is 617 g/mol. The van der Waals surface area contributed by atoms with Crippen LogP contribution in [0.1, 0.15) is 48.9 Å². The molecule has 0 aromatic carbocycles. The zero-order chi connectivity index (χ0) is 30.7. The van der Waals surface area contributed by atoms with Crippen LogP contribution in [-0.4, -0.2) is 88.8 Å². The molecule has 2 saturated carbocycles. The van der Waals surface area contributed by atoms with Crippen molar-refractivity contribution in [3.63, 3.8) is 0 Å². The second-order valence-corrected chi connectivity index (χ2v) is 13.7. The number of hydrogen-bond donors (Lipinski definition) is 2. The van der Waals surface area contributed by atoms with E-state index < -0.39 is 34.2 Å². The number of nitrogens with two attached hydrogens (primary N) is 1. The van der Waals surface area contributed by atoms with Gasteiger partial charge < -0.3 is 20.9 Å². The van der Waals surface area contributed by atoms with Gasteiger partial charge in [-0.2, -0.15) is 9.19 Å². The molecule has 0 saturated heterocycles. The van der Waals surface area contributed by atoms with Crippen molar-refractivity contribution in [3.05, 3.63) is 42.5 Å². The maximum absolute atomic E-state index is 13.8. The molecule has 3 heterocycles. The molecule has 0 aliphatic heterocycles. The van der Waals surface area contributed by atoms with Crippen molar-refractivity contribution in [3.8, 4) is 11.4 Å². The molecule has 3 aromatic heterocycles. The third-order valence-electron chi connectivity index (χ3n) is 7.85. The molecular formula is C28H37F2N9O3S. The minimum Gasteiger partial charge on any atom is -0.365 e. The minimum absolute atomic E-state index is 0.0557.